The molecule has 3 rings (SSSR count). The van der Waals surface area contributed by atoms with Gasteiger partial charge in [-0.05, 0) is 37.3 Å². The fourth-order valence-corrected chi connectivity index (χ4v) is 7.74. The van der Waals surface area contributed by atoms with Crippen LogP contribution in [0.5, 0.6) is 0 Å². The van der Waals surface area contributed by atoms with E-state index in [1.807, 2.05) is 62.9 Å². The van der Waals surface area contributed by atoms with Crippen LogP contribution >= 0.6 is 11.8 Å². The molecule has 2 heterocycles. The van der Waals surface area contributed by atoms with Crippen LogP contribution in [0.15, 0.2) is 39.6 Å². The molecule has 2 fully saturated rings. The first-order valence-electron chi connectivity index (χ1n) is 9.83. The second kappa shape index (κ2) is 8.19. The van der Waals surface area contributed by atoms with Gasteiger partial charge < -0.3 is 4.90 Å². The first kappa shape index (κ1) is 21.4. The molecule has 3 unspecified atom stereocenters. The van der Waals surface area contributed by atoms with Crippen molar-refractivity contribution in [2.24, 2.45) is 21.6 Å². The van der Waals surface area contributed by atoms with E-state index in [2.05, 4.69) is 4.36 Å². The number of hydrogen-bond acceptors (Lipinski definition) is 4. The molecule has 0 N–H and O–H groups in total. The maximum absolute atomic E-state index is 13.4. The van der Waals surface area contributed by atoms with Crippen LogP contribution in [-0.2, 0) is 19.3 Å². The first-order chi connectivity index (χ1) is 13.1. The van der Waals surface area contributed by atoms with Crippen molar-refractivity contribution in [1.82, 2.24) is 4.90 Å². The average molecular weight is 423 g/mol. The Labute approximate surface area is 172 Å². The normalized spacial score (nSPS) is 28.5. The molecule has 1 aromatic rings. The zero-order chi connectivity index (χ0) is 20.5. The molecule has 2 aliphatic heterocycles. The summed E-state index contributed by atoms with van der Waals surface area (Å²) in [5.41, 5.74) is -0.405. The van der Waals surface area contributed by atoms with Crippen LogP contribution in [0.1, 0.15) is 34.1 Å². The Morgan fingerprint density at radius 2 is 1.71 bits per heavy atom. The minimum Gasteiger partial charge on any atom is -0.342 e. The summed E-state index contributed by atoms with van der Waals surface area (Å²) in [4.78, 5) is 28.2. The van der Waals surface area contributed by atoms with Crippen LogP contribution in [0.25, 0.3) is 0 Å². The monoisotopic (exact) mass is 422 g/mol. The first-order valence-corrected chi connectivity index (χ1v) is 12.6. The number of fused-ring (bicyclic) bond motifs is 2. The van der Waals surface area contributed by atoms with Gasteiger partial charge in [0, 0.05) is 34.9 Å². The molecule has 5 nitrogen and oxygen atoms in total. The minimum absolute atomic E-state index is 0.150. The van der Waals surface area contributed by atoms with Crippen molar-refractivity contribution in [1.29, 1.82) is 0 Å². The topological polar surface area (TPSA) is 66.8 Å². The highest BCUT2D eigenvalue weighted by Crippen LogP contribution is 2.33. The van der Waals surface area contributed by atoms with Crippen molar-refractivity contribution in [2.45, 2.75) is 44.3 Å². The number of likely N-dealkylation sites (tertiary alicyclic amines) is 1. The summed E-state index contributed by atoms with van der Waals surface area (Å²) in [6.45, 7) is 8.87. The summed E-state index contributed by atoms with van der Waals surface area (Å²) in [6, 6.07) is 9.72. The molecule has 2 saturated heterocycles. The zero-order valence-electron chi connectivity index (χ0n) is 17.1. The maximum Gasteiger partial charge on any atom is 0.266 e. The van der Waals surface area contributed by atoms with E-state index < -0.39 is 15.1 Å². The van der Waals surface area contributed by atoms with E-state index in [1.54, 1.807) is 0 Å². The third-order valence-corrected chi connectivity index (χ3v) is 8.80. The van der Waals surface area contributed by atoms with Gasteiger partial charge in [-0.2, -0.15) is 4.36 Å². The zero-order valence-corrected chi connectivity index (χ0v) is 18.7. The number of nitrogens with zero attached hydrogens (tertiary/aromatic N) is 2. The summed E-state index contributed by atoms with van der Waals surface area (Å²) >= 11 is 1.45. The van der Waals surface area contributed by atoms with Gasteiger partial charge >= 0.3 is 0 Å². The molecular formula is C21H30N2O3S2. The number of carbonyl (C=O) groups is 2. The Morgan fingerprint density at radius 3 is 2.25 bits per heavy atom. The third kappa shape index (κ3) is 5.17. The van der Waals surface area contributed by atoms with Crippen LogP contribution in [0.4, 0.5) is 0 Å². The van der Waals surface area contributed by atoms with Crippen molar-refractivity contribution in [3.63, 3.8) is 0 Å². The maximum atomic E-state index is 13.4. The predicted molar refractivity (Wildman–Crippen MR) is 115 cm³/mol. The van der Waals surface area contributed by atoms with Gasteiger partial charge in [-0.15, -0.1) is 11.8 Å². The van der Waals surface area contributed by atoms with E-state index in [-0.39, 0.29) is 28.9 Å². The summed E-state index contributed by atoms with van der Waals surface area (Å²) in [7, 11) is -2.55. The van der Waals surface area contributed by atoms with Gasteiger partial charge in [0.05, 0.1) is 15.0 Å². The summed E-state index contributed by atoms with van der Waals surface area (Å²) < 4.78 is 17.6. The van der Waals surface area contributed by atoms with E-state index >= 15 is 0 Å². The van der Waals surface area contributed by atoms with Crippen LogP contribution in [0, 0.1) is 17.3 Å². The van der Waals surface area contributed by atoms with Crippen molar-refractivity contribution < 1.29 is 13.8 Å². The molecule has 7 heteroatoms. The van der Waals surface area contributed by atoms with Gasteiger partial charge in [-0.25, -0.2) is 4.21 Å². The number of piperidine rings is 1. The van der Waals surface area contributed by atoms with Crippen LogP contribution < -0.4 is 0 Å². The van der Waals surface area contributed by atoms with E-state index in [0.29, 0.717) is 24.6 Å². The van der Waals surface area contributed by atoms with E-state index in [0.717, 1.165) is 11.3 Å². The van der Waals surface area contributed by atoms with Crippen molar-refractivity contribution >= 4 is 33.3 Å². The number of hydrogen-bond donors (Lipinski definition) is 0. The highest BCUT2D eigenvalue weighted by Gasteiger charge is 2.40. The molecule has 28 heavy (non-hydrogen) atoms. The second-order valence-corrected chi connectivity index (χ2v) is 12.8. The van der Waals surface area contributed by atoms with Gasteiger partial charge in [0.25, 0.3) is 5.91 Å². The number of carbonyl (C=O) groups excluding carboxylic acids is 2. The molecule has 0 radical (unpaired) electrons. The SMILES string of the molecule is CC(Sc1ccccc1)C(=O)N=S1(=O)CC2CC(CN(C(=O)C(C)(C)C)C2)C1. The van der Waals surface area contributed by atoms with Gasteiger partial charge in [-0.3, -0.25) is 9.59 Å². The molecule has 2 bridgehead atoms. The Balaban J connectivity index is 1.68. The Bertz CT molecular complexity index is 834. The molecule has 2 amide bonds. The summed E-state index contributed by atoms with van der Waals surface area (Å²) in [5.74, 6) is 1.04. The van der Waals surface area contributed by atoms with Gasteiger partial charge in [0.15, 0.2) is 0 Å². The van der Waals surface area contributed by atoms with Gasteiger partial charge in [0.1, 0.15) is 0 Å². The van der Waals surface area contributed by atoms with Crippen LogP contribution in [0.3, 0.4) is 0 Å². The van der Waals surface area contributed by atoms with E-state index in [9.17, 15) is 13.8 Å². The lowest BCUT2D eigenvalue weighted by molar-refractivity contribution is -0.142. The van der Waals surface area contributed by atoms with Crippen molar-refractivity contribution in [3.8, 4) is 0 Å². The van der Waals surface area contributed by atoms with Crippen molar-refractivity contribution in [2.75, 3.05) is 24.6 Å². The molecule has 2 aliphatic rings. The Kier molecular flexibility index (Phi) is 6.25. The molecule has 1 aromatic carbocycles. The molecule has 0 spiro atoms. The van der Waals surface area contributed by atoms with Gasteiger partial charge in [0.2, 0.25) is 5.91 Å². The predicted octanol–water partition coefficient (Wildman–Crippen LogP) is 3.69. The molecular weight excluding hydrogens is 392 g/mol. The second-order valence-electron chi connectivity index (χ2n) is 9.04. The standard InChI is InChI=1S/C21H30N2O3S2/c1-15(27-18-8-6-5-7-9-18)19(24)22-28(26)13-16-10-17(14-28)12-23(11-16)20(25)21(2,3)4/h5-9,15-17H,10-14H2,1-4H3. The van der Waals surface area contributed by atoms with E-state index in [4.69, 9.17) is 0 Å². The van der Waals surface area contributed by atoms with Crippen molar-refractivity contribution in [3.05, 3.63) is 30.3 Å². The highest BCUT2D eigenvalue weighted by molar-refractivity contribution is 8.00. The summed E-state index contributed by atoms with van der Waals surface area (Å²) in [6.07, 6.45) is 0.975. The molecule has 154 valence electrons. The van der Waals surface area contributed by atoms with Gasteiger partial charge in [-0.1, -0.05) is 39.0 Å². The molecule has 0 saturated carbocycles. The lowest BCUT2D eigenvalue weighted by atomic mass is 9.87. The lowest BCUT2D eigenvalue weighted by Gasteiger charge is -2.43. The summed E-state index contributed by atoms with van der Waals surface area (Å²) in [5, 5.41) is -0.360. The average Bonchev–Trinajstić information content (AvgIpc) is 2.59. The number of benzene rings is 1. The fourth-order valence-electron chi connectivity index (χ4n) is 4.07. The molecule has 0 aromatic heterocycles. The molecule has 3 atom stereocenters. The molecule has 0 aliphatic carbocycles. The fraction of sp³-hybridized carbons (Fsp3) is 0.619. The third-order valence-electron chi connectivity index (χ3n) is 5.21. The van der Waals surface area contributed by atoms with Crippen LogP contribution in [-0.4, -0.2) is 50.8 Å². The minimum atomic E-state index is -2.55. The smallest absolute Gasteiger partial charge is 0.266 e. The Hall–Kier alpha value is -1.34. The van der Waals surface area contributed by atoms with E-state index in [1.165, 1.54) is 11.8 Å². The Morgan fingerprint density at radius 1 is 1.14 bits per heavy atom. The number of amides is 2. The number of rotatable bonds is 3. The number of thioether (sulfide) groups is 1. The van der Waals surface area contributed by atoms with Crippen LogP contribution in [0.2, 0.25) is 0 Å². The quantitative estimate of drug-likeness (QED) is 0.697. The largest absolute Gasteiger partial charge is 0.342 e. The lowest BCUT2D eigenvalue weighted by Crippen LogP contribution is -2.53. The highest BCUT2D eigenvalue weighted by atomic mass is 32.2.